The Morgan fingerprint density at radius 2 is 2.11 bits per heavy atom. The lowest BCUT2D eigenvalue weighted by Crippen LogP contribution is -2.13. The second-order valence-corrected chi connectivity index (χ2v) is 5.31. The fraction of sp³-hybridized carbons (Fsp3) is 0. The molecule has 0 fully saturated rings. The highest BCUT2D eigenvalue weighted by atomic mass is 35.5. The van der Waals surface area contributed by atoms with E-state index in [1.165, 1.54) is 18.3 Å². The second-order valence-electron chi connectivity index (χ2n) is 3.46. The van der Waals surface area contributed by atoms with Gasteiger partial charge in [0.1, 0.15) is 0 Å². The molecule has 0 saturated heterocycles. The molecule has 0 saturated carbocycles. The number of amides is 1. The summed E-state index contributed by atoms with van der Waals surface area (Å²) in [5.74, 6) is -0.867. The van der Waals surface area contributed by atoms with E-state index in [0.717, 1.165) is 6.07 Å². The number of anilines is 1. The molecule has 2 heterocycles. The fourth-order valence-corrected chi connectivity index (χ4v) is 1.89. The molecular formula is C10H8ClN3O4S. The molecule has 0 radical (unpaired) electrons. The number of nitrogens with two attached hydrogens (primary N) is 1. The van der Waals surface area contributed by atoms with Crippen LogP contribution in [0, 0.1) is 0 Å². The minimum absolute atomic E-state index is 0.106. The van der Waals surface area contributed by atoms with Crippen LogP contribution in [-0.2, 0) is 10.0 Å². The SMILES string of the molecule is NS(=O)(=O)c1ccc(C(=O)Nc2cccnc2Cl)o1. The molecule has 2 aromatic heterocycles. The van der Waals surface area contributed by atoms with Gasteiger partial charge in [-0.3, -0.25) is 4.79 Å². The summed E-state index contributed by atoms with van der Waals surface area (Å²) in [6.07, 6.45) is 1.46. The first-order valence-electron chi connectivity index (χ1n) is 4.92. The van der Waals surface area contributed by atoms with Crippen molar-refractivity contribution >= 4 is 33.2 Å². The molecule has 1 amide bonds. The molecule has 9 heteroatoms. The molecule has 0 spiro atoms. The number of rotatable bonds is 3. The molecule has 0 aliphatic heterocycles. The summed E-state index contributed by atoms with van der Waals surface area (Å²) >= 11 is 5.76. The van der Waals surface area contributed by atoms with Gasteiger partial charge < -0.3 is 9.73 Å². The molecule has 0 bridgehead atoms. The van der Waals surface area contributed by atoms with Crippen molar-refractivity contribution in [3.05, 3.63) is 41.4 Å². The van der Waals surface area contributed by atoms with E-state index >= 15 is 0 Å². The first-order chi connectivity index (χ1) is 8.88. The Morgan fingerprint density at radius 1 is 1.37 bits per heavy atom. The molecule has 2 rings (SSSR count). The van der Waals surface area contributed by atoms with Crippen LogP contribution in [0.25, 0.3) is 0 Å². The maximum Gasteiger partial charge on any atom is 0.291 e. The molecular weight excluding hydrogens is 294 g/mol. The number of carbonyl (C=O) groups is 1. The Kier molecular flexibility index (Phi) is 3.56. The van der Waals surface area contributed by atoms with E-state index < -0.39 is 21.0 Å². The quantitative estimate of drug-likeness (QED) is 0.827. The van der Waals surface area contributed by atoms with Crippen LogP contribution >= 0.6 is 11.6 Å². The highest BCUT2D eigenvalue weighted by Crippen LogP contribution is 2.19. The number of primary sulfonamides is 1. The van der Waals surface area contributed by atoms with Gasteiger partial charge in [-0.05, 0) is 24.3 Å². The van der Waals surface area contributed by atoms with Crippen molar-refractivity contribution in [3.8, 4) is 0 Å². The van der Waals surface area contributed by atoms with Gasteiger partial charge in [-0.15, -0.1) is 0 Å². The summed E-state index contributed by atoms with van der Waals surface area (Å²) in [6, 6.07) is 5.41. The number of sulfonamides is 1. The van der Waals surface area contributed by atoms with E-state index in [2.05, 4.69) is 10.3 Å². The van der Waals surface area contributed by atoms with Crippen molar-refractivity contribution in [2.75, 3.05) is 5.32 Å². The standard InChI is InChI=1S/C10H8ClN3O4S/c11-9-6(2-1-5-13-9)14-10(15)7-3-4-8(18-7)19(12,16)17/h1-5H,(H,14,15)(H2,12,16,17). The van der Waals surface area contributed by atoms with Gasteiger partial charge >= 0.3 is 0 Å². The number of hydrogen-bond donors (Lipinski definition) is 2. The van der Waals surface area contributed by atoms with E-state index in [9.17, 15) is 13.2 Å². The minimum Gasteiger partial charge on any atom is -0.438 e. The van der Waals surface area contributed by atoms with Crippen LogP contribution in [0.4, 0.5) is 5.69 Å². The zero-order valence-electron chi connectivity index (χ0n) is 9.33. The van der Waals surface area contributed by atoms with Gasteiger partial charge in [-0.1, -0.05) is 11.6 Å². The number of carbonyl (C=O) groups excluding carboxylic acids is 1. The van der Waals surface area contributed by atoms with Crippen LogP contribution in [0.2, 0.25) is 5.15 Å². The molecule has 0 aliphatic carbocycles. The van der Waals surface area contributed by atoms with Gasteiger partial charge in [0.05, 0.1) is 5.69 Å². The number of furan rings is 1. The molecule has 0 aromatic carbocycles. The van der Waals surface area contributed by atoms with Crippen molar-refractivity contribution in [1.29, 1.82) is 0 Å². The summed E-state index contributed by atoms with van der Waals surface area (Å²) in [5, 5.41) is 6.91. The summed E-state index contributed by atoms with van der Waals surface area (Å²) < 4.78 is 26.8. The zero-order valence-corrected chi connectivity index (χ0v) is 10.9. The number of nitrogens with one attached hydrogen (secondary N) is 1. The Balaban J connectivity index is 2.22. The lowest BCUT2D eigenvalue weighted by molar-refractivity contribution is 0.0991. The lowest BCUT2D eigenvalue weighted by atomic mass is 10.4. The third-order valence-corrected chi connectivity index (χ3v) is 3.17. The van der Waals surface area contributed by atoms with Gasteiger partial charge in [-0.25, -0.2) is 18.5 Å². The van der Waals surface area contributed by atoms with E-state index in [1.54, 1.807) is 6.07 Å². The molecule has 0 atom stereocenters. The number of nitrogens with zero attached hydrogens (tertiary/aromatic N) is 1. The lowest BCUT2D eigenvalue weighted by Gasteiger charge is -2.03. The van der Waals surface area contributed by atoms with Crippen LogP contribution in [0.3, 0.4) is 0 Å². The molecule has 19 heavy (non-hydrogen) atoms. The first-order valence-corrected chi connectivity index (χ1v) is 6.85. The van der Waals surface area contributed by atoms with Crippen LogP contribution in [0.1, 0.15) is 10.6 Å². The normalized spacial score (nSPS) is 11.3. The monoisotopic (exact) mass is 301 g/mol. The smallest absolute Gasteiger partial charge is 0.291 e. The Morgan fingerprint density at radius 3 is 2.68 bits per heavy atom. The zero-order chi connectivity index (χ0) is 14.0. The largest absolute Gasteiger partial charge is 0.438 e. The number of hydrogen-bond acceptors (Lipinski definition) is 5. The van der Waals surface area contributed by atoms with Crippen LogP contribution < -0.4 is 10.5 Å². The first kappa shape index (κ1) is 13.5. The number of halogens is 1. The van der Waals surface area contributed by atoms with Gasteiger partial charge in [-0.2, -0.15) is 0 Å². The third kappa shape index (κ3) is 3.11. The minimum atomic E-state index is -3.98. The van der Waals surface area contributed by atoms with E-state index in [0.29, 0.717) is 0 Å². The van der Waals surface area contributed by atoms with E-state index in [1.807, 2.05) is 0 Å². The Bertz CT molecular complexity index is 726. The fourth-order valence-electron chi connectivity index (χ4n) is 1.26. The van der Waals surface area contributed by atoms with Gasteiger partial charge in [0.25, 0.3) is 15.9 Å². The van der Waals surface area contributed by atoms with Crippen LogP contribution in [0.15, 0.2) is 40.0 Å². The molecule has 100 valence electrons. The maximum absolute atomic E-state index is 11.8. The predicted molar refractivity (Wildman–Crippen MR) is 67.3 cm³/mol. The second kappa shape index (κ2) is 5.00. The van der Waals surface area contributed by atoms with Crippen molar-refractivity contribution < 1.29 is 17.6 Å². The molecule has 0 aliphatic rings. The van der Waals surface area contributed by atoms with Gasteiger partial charge in [0.15, 0.2) is 10.9 Å². The molecule has 0 unspecified atom stereocenters. The van der Waals surface area contributed by atoms with Gasteiger partial charge in [0, 0.05) is 6.20 Å². The topological polar surface area (TPSA) is 115 Å². The number of aromatic nitrogens is 1. The van der Waals surface area contributed by atoms with Gasteiger partial charge in [0.2, 0.25) is 5.09 Å². The maximum atomic E-state index is 11.8. The number of pyridine rings is 1. The molecule has 7 nitrogen and oxygen atoms in total. The molecule has 3 N–H and O–H groups in total. The van der Waals surface area contributed by atoms with Crippen LogP contribution in [0.5, 0.6) is 0 Å². The summed E-state index contributed by atoms with van der Waals surface area (Å²) in [6.45, 7) is 0. The highest BCUT2D eigenvalue weighted by Gasteiger charge is 2.18. The average molecular weight is 302 g/mol. The van der Waals surface area contributed by atoms with Crippen molar-refractivity contribution in [2.24, 2.45) is 5.14 Å². The highest BCUT2D eigenvalue weighted by molar-refractivity contribution is 7.89. The average Bonchev–Trinajstić information content (AvgIpc) is 2.81. The van der Waals surface area contributed by atoms with Crippen molar-refractivity contribution in [3.63, 3.8) is 0 Å². The van der Waals surface area contributed by atoms with Crippen molar-refractivity contribution in [1.82, 2.24) is 4.98 Å². The van der Waals surface area contributed by atoms with Crippen LogP contribution in [-0.4, -0.2) is 19.3 Å². The van der Waals surface area contributed by atoms with E-state index in [-0.39, 0.29) is 16.6 Å². The Labute approximate surface area is 113 Å². The Hall–Kier alpha value is -1.90. The van der Waals surface area contributed by atoms with Crippen molar-refractivity contribution in [2.45, 2.75) is 5.09 Å². The summed E-state index contributed by atoms with van der Waals surface area (Å²) in [5.41, 5.74) is 0.280. The predicted octanol–water partition coefficient (Wildman–Crippen LogP) is 1.23. The summed E-state index contributed by atoms with van der Waals surface area (Å²) in [4.78, 5) is 15.6. The third-order valence-electron chi connectivity index (χ3n) is 2.09. The summed E-state index contributed by atoms with van der Waals surface area (Å²) in [7, 11) is -3.98. The molecule has 2 aromatic rings. The van der Waals surface area contributed by atoms with E-state index in [4.69, 9.17) is 21.2 Å².